The molecule has 1 aliphatic carbocycles. The highest BCUT2D eigenvalue weighted by atomic mass is 31.2. The van der Waals surface area contributed by atoms with E-state index >= 15 is 0 Å². The maximum absolute atomic E-state index is 13.5. The van der Waals surface area contributed by atoms with Gasteiger partial charge in [-0.1, -0.05) is 19.4 Å². The number of hydrogen-bond acceptors (Lipinski definition) is 2. The molecule has 1 saturated carbocycles. The lowest BCUT2D eigenvalue weighted by molar-refractivity contribution is -0.0303. The zero-order valence-electron chi connectivity index (χ0n) is 8.28. The minimum atomic E-state index is -3.82. The van der Waals surface area contributed by atoms with Crippen LogP contribution in [0.25, 0.3) is 0 Å². The Labute approximate surface area is 83.5 Å². The first-order chi connectivity index (χ1) is 6.40. The fraction of sp³-hybridized carbons (Fsp3) is 0.778. The van der Waals surface area contributed by atoms with E-state index in [9.17, 15) is 13.8 Å². The van der Waals surface area contributed by atoms with Crippen LogP contribution in [-0.4, -0.2) is 16.7 Å². The highest BCUT2D eigenvalue weighted by molar-refractivity contribution is 7.56. The van der Waals surface area contributed by atoms with E-state index < -0.39 is 19.4 Å². The van der Waals surface area contributed by atoms with Crippen LogP contribution in [0.5, 0.6) is 0 Å². The Hall–Kier alpha value is -0.180. The predicted octanol–water partition coefficient (Wildman–Crippen LogP) is 3.00. The van der Waals surface area contributed by atoms with Crippen molar-refractivity contribution in [1.29, 1.82) is 0 Å². The smallest absolute Gasteiger partial charge is 0.321 e. The van der Waals surface area contributed by atoms with Crippen molar-refractivity contribution < 1.29 is 18.4 Å². The van der Waals surface area contributed by atoms with Crippen LogP contribution in [0.15, 0.2) is 12.4 Å². The molecule has 5 heteroatoms. The molecule has 0 amide bonds. The molecule has 1 fully saturated rings. The molecule has 0 heterocycles. The normalized spacial score (nSPS) is 37.5. The lowest BCUT2D eigenvalue weighted by Gasteiger charge is -2.37. The minimum Gasteiger partial charge on any atom is -0.321 e. The average Bonchev–Trinajstić information content (AvgIpc) is 2.10. The summed E-state index contributed by atoms with van der Waals surface area (Å²) in [6, 6.07) is 0. The Morgan fingerprint density at radius 1 is 1.71 bits per heavy atom. The van der Waals surface area contributed by atoms with Gasteiger partial charge < -0.3 is 4.89 Å². The van der Waals surface area contributed by atoms with E-state index in [0.29, 0.717) is 12.8 Å². The molecule has 1 aliphatic rings. The largest absolute Gasteiger partial charge is 0.351 e. The Morgan fingerprint density at radius 3 is 2.86 bits per heavy atom. The summed E-state index contributed by atoms with van der Waals surface area (Å²) in [6.07, 6.45) is 1.34. The van der Waals surface area contributed by atoms with Crippen molar-refractivity contribution in [3.05, 3.63) is 12.4 Å². The van der Waals surface area contributed by atoms with E-state index in [2.05, 4.69) is 6.58 Å². The van der Waals surface area contributed by atoms with Crippen LogP contribution in [0.1, 0.15) is 32.6 Å². The van der Waals surface area contributed by atoms with E-state index in [0.717, 1.165) is 18.7 Å². The van der Waals surface area contributed by atoms with Gasteiger partial charge in [0.1, 0.15) is 11.8 Å². The van der Waals surface area contributed by atoms with Crippen molar-refractivity contribution in [3.8, 4) is 0 Å². The number of halogens is 1. The molecule has 3 unspecified atom stereocenters. The third kappa shape index (κ3) is 2.66. The molecule has 0 aromatic heterocycles. The van der Waals surface area contributed by atoms with Crippen LogP contribution in [-0.2, 0) is 9.09 Å². The summed E-state index contributed by atoms with van der Waals surface area (Å²) in [4.78, 5) is 9.21. The van der Waals surface area contributed by atoms with Crippen LogP contribution >= 0.6 is 7.60 Å². The Morgan fingerprint density at radius 2 is 2.36 bits per heavy atom. The fourth-order valence-corrected chi connectivity index (χ4v) is 2.58. The summed E-state index contributed by atoms with van der Waals surface area (Å²) in [5.74, 6) is 0.847. The quantitative estimate of drug-likeness (QED) is 0.746. The zero-order chi connectivity index (χ0) is 10.8. The van der Waals surface area contributed by atoms with Gasteiger partial charge in [-0.25, -0.2) is 4.39 Å². The predicted molar refractivity (Wildman–Crippen MR) is 52.9 cm³/mol. The SMILES string of the molecule is C=CP(=O)(O)OC1(C)CCCCC1F. The Balaban J connectivity index is 2.73. The summed E-state index contributed by atoms with van der Waals surface area (Å²) >= 11 is 0. The lowest BCUT2D eigenvalue weighted by atomic mass is 9.85. The molecule has 0 radical (unpaired) electrons. The standard InChI is InChI=1S/C9H16FO3P/c1-3-14(11,12)13-9(2)7-5-4-6-8(9)10/h3,8H,1,4-7H2,2H3,(H,11,12). The van der Waals surface area contributed by atoms with E-state index in [1.807, 2.05) is 0 Å². The maximum Gasteiger partial charge on any atom is 0.351 e. The van der Waals surface area contributed by atoms with Crippen LogP contribution in [0, 0.1) is 0 Å². The topological polar surface area (TPSA) is 46.5 Å². The summed E-state index contributed by atoms with van der Waals surface area (Å²) in [5, 5.41) is 0. The van der Waals surface area contributed by atoms with Gasteiger partial charge in [-0.15, -0.1) is 0 Å². The van der Waals surface area contributed by atoms with Crippen molar-refractivity contribution in [2.24, 2.45) is 0 Å². The van der Waals surface area contributed by atoms with E-state index in [4.69, 9.17) is 4.52 Å². The van der Waals surface area contributed by atoms with Crippen molar-refractivity contribution in [2.45, 2.75) is 44.4 Å². The summed E-state index contributed by atoms with van der Waals surface area (Å²) < 4.78 is 29.7. The second kappa shape index (κ2) is 4.13. The molecule has 1 rings (SSSR count). The van der Waals surface area contributed by atoms with Gasteiger partial charge in [-0.3, -0.25) is 9.09 Å². The number of rotatable bonds is 3. The molecule has 3 atom stereocenters. The van der Waals surface area contributed by atoms with Gasteiger partial charge in [0.05, 0.1) is 0 Å². The molecule has 0 saturated heterocycles. The lowest BCUT2D eigenvalue weighted by Crippen LogP contribution is -2.41. The van der Waals surface area contributed by atoms with E-state index in [1.165, 1.54) is 0 Å². The molecule has 0 aromatic carbocycles. The van der Waals surface area contributed by atoms with Crippen molar-refractivity contribution in [1.82, 2.24) is 0 Å². The Kier molecular flexibility index (Phi) is 3.51. The minimum absolute atomic E-state index is 0.396. The van der Waals surface area contributed by atoms with Gasteiger partial charge in [-0.2, -0.15) is 0 Å². The molecule has 82 valence electrons. The molecule has 1 N–H and O–H groups in total. The first-order valence-corrected chi connectivity index (χ1v) is 6.35. The van der Waals surface area contributed by atoms with E-state index in [-0.39, 0.29) is 0 Å². The molecular weight excluding hydrogens is 206 g/mol. The molecule has 3 nitrogen and oxygen atoms in total. The van der Waals surface area contributed by atoms with Gasteiger partial charge in [0.25, 0.3) is 0 Å². The molecule has 0 aliphatic heterocycles. The van der Waals surface area contributed by atoms with Gasteiger partial charge in [0.2, 0.25) is 0 Å². The second-order valence-corrected chi connectivity index (χ2v) is 5.54. The number of hydrogen-bond donors (Lipinski definition) is 1. The molecular formula is C9H16FO3P. The molecule has 0 bridgehead atoms. The van der Waals surface area contributed by atoms with Gasteiger partial charge >= 0.3 is 7.60 Å². The van der Waals surface area contributed by atoms with Gasteiger partial charge in [0.15, 0.2) is 0 Å². The summed E-state index contributed by atoms with van der Waals surface area (Å²) in [7, 11) is -3.82. The molecule has 0 aromatic rings. The highest BCUT2D eigenvalue weighted by Gasteiger charge is 2.42. The molecule has 0 spiro atoms. The fourth-order valence-electron chi connectivity index (χ4n) is 1.70. The first-order valence-electron chi connectivity index (χ1n) is 4.70. The first kappa shape index (κ1) is 11.9. The van der Waals surface area contributed by atoms with Gasteiger partial charge in [0, 0.05) is 5.82 Å². The summed E-state index contributed by atoms with van der Waals surface area (Å²) in [6.45, 7) is 4.74. The second-order valence-electron chi connectivity index (χ2n) is 3.86. The van der Waals surface area contributed by atoms with Crippen LogP contribution in [0.4, 0.5) is 4.39 Å². The van der Waals surface area contributed by atoms with Crippen LogP contribution in [0.2, 0.25) is 0 Å². The number of alkyl halides is 1. The monoisotopic (exact) mass is 222 g/mol. The van der Waals surface area contributed by atoms with E-state index in [1.54, 1.807) is 6.92 Å². The zero-order valence-corrected chi connectivity index (χ0v) is 9.17. The van der Waals surface area contributed by atoms with Crippen LogP contribution in [0.3, 0.4) is 0 Å². The highest BCUT2D eigenvalue weighted by Crippen LogP contribution is 2.51. The van der Waals surface area contributed by atoms with Gasteiger partial charge in [-0.05, 0) is 19.8 Å². The Bertz CT molecular complexity index is 269. The van der Waals surface area contributed by atoms with Crippen molar-refractivity contribution in [3.63, 3.8) is 0 Å². The molecule has 14 heavy (non-hydrogen) atoms. The summed E-state index contributed by atoms with van der Waals surface area (Å²) in [5.41, 5.74) is -1.13. The third-order valence-corrected chi connectivity index (χ3v) is 3.75. The van der Waals surface area contributed by atoms with Crippen molar-refractivity contribution >= 4 is 7.60 Å². The average molecular weight is 222 g/mol. The third-order valence-electron chi connectivity index (χ3n) is 2.61. The van der Waals surface area contributed by atoms with Crippen LogP contribution < -0.4 is 0 Å². The van der Waals surface area contributed by atoms with Crippen molar-refractivity contribution in [2.75, 3.05) is 0 Å². The maximum atomic E-state index is 13.5.